The van der Waals surface area contributed by atoms with Crippen LogP contribution in [0.5, 0.6) is 0 Å². The van der Waals surface area contributed by atoms with Crippen LogP contribution in [0.4, 0.5) is 5.69 Å². The molecule has 5 nitrogen and oxygen atoms in total. The summed E-state index contributed by atoms with van der Waals surface area (Å²) < 4.78 is 5.29. The summed E-state index contributed by atoms with van der Waals surface area (Å²) in [5.41, 5.74) is 1.58. The summed E-state index contributed by atoms with van der Waals surface area (Å²) in [6, 6.07) is 7.66. The van der Waals surface area contributed by atoms with E-state index in [4.69, 9.17) is 9.84 Å². The maximum absolute atomic E-state index is 11.6. The fraction of sp³-hybridized carbons (Fsp3) is 0.462. The van der Waals surface area contributed by atoms with Crippen molar-refractivity contribution >= 4 is 11.6 Å². The standard InChI is InChI=1S/C13H18N2O3/c16-7-6-14-13(17)10-1-3-11(4-2-10)15-12-5-8-18-9-12/h1-4,12,15-16H,5-9H2,(H,14,17). The Kier molecular flexibility index (Phi) is 4.55. The first-order chi connectivity index (χ1) is 8.79. The maximum atomic E-state index is 11.6. The van der Waals surface area contributed by atoms with Crippen LogP contribution in [0.15, 0.2) is 24.3 Å². The van der Waals surface area contributed by atoms with Crippen LogP contribution in [-0.4, -0.2) is 43.4 Å². The van der Waals surface area contributed by atoms with Gasteiger partial charge in [0.25, 0.3) is 5.91 Å². The van der Waals surface area contributed by atoms with Crippen molar-refractivity contribution in [3.8, 4) is 0 Å². The quantitative estimate of drug-likeness (QED) is 0.716. The average Bonchev–Trinajstić information content (AvgIpc) is 2.89. The van der Waals surface area contributed by atoms with Gasteiger partial charge in [-0.15, -0.1) is 0 Å². The molecule has 1 aromatic rings. The van der Waals surface area contributed by atoms with Gasteiger partial charge in [-0.25, -0.2) is 0 Å². The van der Waals surface area contributed by atoms with Gasteiger partial charge in [0, 0.05) is 24.4 Å². The second kappa shape index (κ2) is 6.37. The molecule has 1 heterocycles. The highest BCUT2D eigenvalue weighted by Crippen LogP contribution is 2.14. The van der Waals surface area contributed by atoms with Crippen LogP contribution in [0.3, 0.4) is 0 Å². The number of rotatable bonds is 5. The summed E-state index contributed by atoms with van der Waals surface area (Å²) in [6.07, 6.45) is 1.01. The zero-order valence-electron chi connectivity index (χ0n) is 10.2. The molecule has 1 fully saturated rings. The lowest BCUT2D eigenvalue weighted by Crippen LogP contribution is -2.26. The van der Waals surface area contributed by atoms with Gasteiger partial charge in [-0.2, -0.15) is 0 Å². The van der Waals surface area contributed by atoms with Crippen molar-refractivity contribution in [1.29, 1.82) is 0 Å². The maximum Gasteiger partial charge on any atom is 0.251 e. The lowest BCUT2D eigenvalue weighted by Gasteiger charge is -2.12. The molecule has 1 saturated heterocycles. The van der Waals surface area contributed by atoms with Crippen molar-refractivity contribution in [3.63, 3.8) is 0 Å². The van der Waals surface area contributed by atoms with Crippen LogP contribution in [-0.2, 0) is 4.74 Å². The molecule has 1 aliphatic rings. The number of carbonyl (C=O) groups excluding carboxylic acids is 1. The predicted molar refractivity (Wildman–Crippen MR) is 68.7 cm³/mol. The van der Waals surface area contributed by atoms with Gasteiger partial charge in [-0.1, -0.05) is 0 Å². The van der Waals surface area contributed by atoms with Crippen molar-refractivity contribution in [2.75, 3.05) is 31.7 Å². The fourth-order valence-electron chi connectivity index (χ4n) is 1.87. The smallest absolute Gasteiger partial charge is 0.251 e. The van der Waals surface area contributed by atoms with Crippen LogP contribution in [0.2, 0.25) is 0 Å². The van der Waals surface area contributed by atoms with Crippen LogP contribution < -0.4 is 10.6 Å². The van der Waals surface area contributed by atoms with Crippen molar-refractivity contribution in [2.24, 2.45) is 0 Å². The molecule has 0 aromatic heterocycles. The van der Waals surface area contributed by atoms with E-state index in [0.717, 1.165) is 25.3 Å². The molecule has 3 N–H and O–H groups in total. The molecule has 2 rings (SSSR count). The van der Waals surface area contributed by atoms with E-state index >= 15 is 0 Å². The Hall–Kier alpha value is -1.59. The van der Waals surface area contributed by atoms with Gasteiger partial charge in [0.1, 0.15) is 0 Å². The summed E-state index contributed by atoms with van der Waals surface area (Å²) in [6.45, 7) is 1.77. The Morgan fingerprint density at radius 1 is 1.39 bits per heavy atom. The summed E-state index contributed by atoms with van der Waals surface area (Å²) >= 11 is 0. The summed E-state index contributed by atoms with van der Waals surface area (Å²) in [5, 5.41) is 14.6. The van der Waals surface area contributed by atoms with Gasteiger partial charge in [0.15, 0.2) is 0 Å². The third kappa shape index (κ3) is 3.45. The van der Waals surface area contributed by atoms with E-state index < -0.39 is 0 Å². The number of hydrogen-bond acceptors (Lipinski definition) is 4. The minimum Gasteiger partial charge on any atom is -0.395 e. The molecular weight excluding hydrogens is 232 g/mol. The summed E-state index contributed by atoms with van der Waals surface area (Å²) in [5.74, 6) is -0.167. The van der Waals surface area contributed by atoms with Crippen LogP contribution >= 0.6 is 0 Å². The van der Waals surface area contributed by atoms with E-state index in [0.29, 0.717) is 11.6 Å². The number of ether oxygens (including phenoxy) is 1. The number of anilines is 1. The zero-order chi connectivity index (χ0) is 12.8. The minimum absolute atomic E-state index is 0.0486. The number of carbonyl (C=O) groups is 1. The van der Waals surface area contributed by atoms with Gasteiger partial charge >= 0.3 is 0 Å². The molecule has 1 amide bonds. The summed E-state index contributed by atoms with van der Waals surface area (Å²) in [7, 11) is 0. The molecule has 98 valence electrons. The number of benzene rings is 1. The molecule has 1 aliphatic heterocycles. The molecule has 0 spiro atoms. The average molecular weight is 250 g/mol. The number of amides is 1. The van der Waals surface area contributed by atoms with E-state index in [1.807, 2.05) is 12.1 Å². The van der Waals surface area contributed by atoms with Crippen LogP contribution in [0, 0.1) is 0 Å². The third-order valence-corrected chi connectivity index (χ3v) is 2.84. The Balaban J connectivity index is 1.90. The molecule has 0 aliphatic carbocycles. The third-order valence-electron chi connectivity index (χ3n) is 2.84. The Labute approximate surface area is 106 Å². The molecule has 0 saturated carbocycles. The first kappa shape index (κ1) is 12.9. The fourth-order valence-corrected chi connectivity index (χ4v) is 1.87. The van der Waals surface area contributed by atoms with Gasteiger partial charge < -0.3 is 20.5 Å². The topological polar surface area (TPSA) is 70.6 Å². The van der Waals surface area contributed by atoms with Crippen LogP contribution in [0.25, 0.3) is 0 Å². The number of hydrogen-bond donors (Lipinski definition) is 3. The van der Waals surface area contributed by atoms with E-state index in [2.05, 4.69) is 10.6 Å². The Bertz CT molecular complexity index is 386. The predicted octanol–water partition coefficient (Wildman–Crippen LogP) is 0.609. The molecule has 0 radical (unpaired) electrons. The highest BCUT2D eigenvalue weighted by atomic mass is 16.5. The molecule has 0 bridgehead atoms. The number of aliphatic hydroxyl groups is 1. The monoisotopic (exact) mass is 250 g/mol. The molecule has 1 aromatic carbocycles. The van der Waals surface area contributed by atoms with E-state index in [-0.39, 0.29) is 19.1 Å². The van der Waals surface area contributed by atoms with E-state index in [9.17, 15) is 4.79 Å². The van der Waals surface area contributed by atoms with Gasteiger partial charge in [0.2, 0.25) is 0 Å². The van der Waals surface area contributed by atoms with E-state index in [1.54, 1.807) is 12.1 Å². The van der Waals surface area contributed by atoms with Crippen molar-refractivity contribution in [3.05, 3.63) is 29.8 Å². The van der Waals surface area contributed by atoms with Gasteiger partial charge in [-0.05, 0) is 30.7 Å². The van der Waals surface area contributed by atoms with Crippen molar-refractivity contribution in [1.82, 2.24) is 5.32 Å². The second-order valence-corrected chi connectivity index (χ2v) is 4.26. The number of nitrogens with one attached hydrogen (secondary N) is 2. The van der Waals surface area contributed by atoms with Crippen molar-refractivity contribution in [2.45, 2.75) is 12.5 Å². The normalized spacial score (nSPS) is 18.6. The lowest BCUT2D eigenvalue weighted by atomic mass is 10.1. The molecule has 1 atom stereocenters. The molecule has 18 heavy (non-hydrogen) atoms. The van der Waals surface area contributed by atoms with E-state index in [1.165, 1.54) is 0 Å². The second-order valence-electron chi connectivity index (χ2n) is 4.26. The Morgan fingerprint density at radius 3 is 2.78 bits per heavy atom. The first-order valence-electron chi connectivity index (χ1n) is 6.13. The summed E-state index contributed by atoms with van der Waals surface area (Å²) in [4.78, 5) is 11.6. The van der Waals surface area contributed by atoms with Crippen LogP contribution in [0.1, 0.15) is 16.8 Å². The Morgan fingerprint density at radius 2 is 2.17 bits per heavy atom. The van der Waals surface area contributed by atoms with Crippen molar-refractivity contribution < 1.29 is 14.6 Å². The highest BCUT2D eigenvalue weighted by Gasteiger charge is 2.15. The van der Waals surface area contributed by atoms with Gasteiger partial charge in [0.05, 0.1) is 19.3 Å². The first-order valence-corrected chi connectivity index (χ1v) is 6.13. The number of aliphatic hydroxyl groups excluding tert-OH is 1. The minimum atomic E-state index is -0.167. The SMILES string of the molecule is O=C(NCCO)c1ccc(NC2CCOC2)cc1. The highest BCUT2D eigenvalue weighted by molar-refractivity contribution is 5.94. The molecular formula is C13H18N2O3. The molecule has 5 heteroatoms. The van der Waals surface area contributed by atoms with Gasteiger partial charge in [-0.3, -0.25) is 4.79 Å². The largest absolute Gasteiger partial charge is 0.395 e. The lowest BCUT2D eigenvalue weighted by molar-refractivity contribution is 0.0945. The molecule has 1 unspecified atom stereocenters. The zero-order valence-corrected chi connectivity index (χ0v) is 10.2.